The lowest BCUT2D eigenvalue weighted by molar-refractivity contribution is 1.07. The van der Waals surface area contributed by atoms with E-state index in [9.17, 15) is 0 Å². The molecule has 0 spiro atoms. The van der Waals surface area contributed by atoms with Gasteiger partial charge < -0.3 is 16.0 Å². The number of aromatic nitrogens is 3. The Kier molecular flexibility index (Phi) is 3.43. The van der Waals surface area contributed by atoms with Gasteiger partial charge in [0.25, 0.3) is 0 Å². The molecule has 3 aromatic rings. The van der Waals surface area contributed by atoms with E-state index in [1.54, 1.807) is 12.4 Å². The van der Waals surface area contributed by atoms with E-state index in [0.717, 1.165) is 22.5 Å². The molecular formula is C15H15N5. The van der Waals surface area contributed by atoms with Crippen LogP contribution in [0, 0.1) is 0 Å². The van der Waals surface area contributed by atoms with Crippen molar-refractivity contribution in [2.24, 2.45) is 5.73 Å². The Bertz CT molecular complexity index is 656. The molecule has 100 valence electrons. The van der Waals surface area contributed by atoms with E-state index in [1.807, 2.05) is 42.6 Å². The second kappa shape index (κ2) is 5.54. The smallest absolute Gasteiger partial charge is 0.227 e. The summed E-state index contributed by atoms with van der Waals surface area (Å²) >= 11 is 0. The van der Waals surface area contributed by atoms with Crippen LogP contribution in [0.4, 0.5) is 11.6 Å². The van der Waals surface area contributed by atoms with Crippen LogP contribution < -0.4 is 11.1 Å². The zero-order valence-corrected chi connectivity index (χ0v) is 10.9. The maximum Gasteiger partial charge on any atom is 0.227 e. The maximum absolute atomic E-state index is 5.57. The third-order valence-corrected chi connectivity index (χ3v) is 3.01. The van der Waals surface area contributed by atoms with Crippen molar-refractivity contribution in [3.8, 4) is 11.3 Å². The number of nitrogens with two attached hydrogens (primary N) is 1. The van der Waals surface area contributed by atoms with Crippen molar-refractivity contribution < 1.29 is 0 Å². The number of nitrogens with one attached hydrogen (secondary N) is 2. The quantitative estimate of drug-likeness (QED) is 0.677. The minimum Gasteiger partial charge on any atom is -0.361 e. The van der Waals surface area contributed by atoms with E-state index in [2.05, 4.69) is 20.3 Å². The summed E-state index contributed by atoms with van der Waals surface area (Å²) in [6.45, 7) is 0.543. The van der Waals surface area contributed by atoms with E-state index in [1.165, 1.54) is 0 Å². The summed E-state index contributed by atoms with van der Waals surface area (Å²) in [6, 6.07) is 11.8. The van der Waals surface area contributed by atoms with Gasteiger partial charge >= 0.3 is 0 Å². The second-order valence-corrected chi connectivity index (χ2v) is 4.41. The molecule has 5 heteroatoms. The first-order chi connectivity index (χ1) is 9.85. The first kappa shape index (κ1) is 12.4. The fourth-order valence-electron chi connectivity index (χ4n) is 1.89. The Labute approximate surface area is 116 Å². The molecule has 0 unspecified atom stereocenters. The lowest BCUT2D eigenvalue weighted by Gasteiger charge is -2.06. The molecule has 0 bridgehead atoms. The number of rotatable bonds is 4. The van der Waals surface area contributed by atoms with Crippen molar-refractivity contribution >= 4 is 11.6 Å². The predicted molar refractivity (Wildman–Crippen MR) is 79.4 cm³/mol. The summed E-state index contributed by atoms with van der Waals surface area (Å²) < 4.78 is 0. The minimum atomic E-state index is 0.543. The highest BCUT2D eigenvalue weighted by Gasteiger charge is 2.01. The van der Waals surface area contributed by atoms with E-state index in [0.29, 0.717) is 12.5 Å². The fraction of sp³-hybridized carbons (Fsp3) is 0.0667. The average Bonchev–Trinajstić information content (AvgIpc) is 3.03. The van der Waals surface area contributed by atoms with Crippen molar-refractivity contribution in [2.45, 2.75) is 6.54 Å². The molecule has 0 saturated heterocycles. The van der Waals surface area contributed by atoms with Gasteiger partial charge in [0.05, 0.1) is 0 Å². The van der Waals surface area contributed by atoms with Gasteiger partial charge in [0.15, 0.2) is 0 Å². The number of anilines is 2. The topological polar surface area (TPSA) is 79.6 Å². The molecule has 0 aliphatic heterocycles. The first-order valence-electron chi connectivity index (χ1n) is 6.37. The molecule has 20 heavy (non-hydrogen) atoms. The van der Waals surface area contributed by atoms with Gasteiger partial charge in [-0.3, -0.25) is 0 Å². The van der Waals surface area contributed by atoms with Gasteiger partial charge in [0.2, 0.25) is 5.95 Å². The van der Waals surface area contributed by atoms with Crippen molar-refractivity contribution in [3.63, 3.8) is 0 Å². The third-order valence-electron chi connectivity index (χ3n) is 3.01. The molecule has 5 nitrogen and oxygen atoms in total. The van der Waals surface area contributed by atoms with Crippen molar-refractivity contribution in [2.75, 3.05) is 5.32 Å². The average molecular weight is 265 g/mol. The monoisotopic (exact) mass is 265 g/mol. The van der Waals surface area contributed by atoms with Crippen molar-refractivity contribution in [3.05, 3.63) is 60.6 Å². The number of aromatic amines is 1. The van der Waals surface area contributed by atoms with Crippen LogP contribution in [0.1, 0.15) is 5.56 Å². The molecule has 0 aliphatic carbocycles. The molecular weight excluding hydrogens is 250 g/mol. The van der Waals surface area contributed by atoms with Crippen LogP contribution in [-0.4, -0.2) is 15.0 Å². The standard InChI is InChI=1S/C15H15N5/c16-8-11-3-5-13(6-4-11)20-15-18-9-12(10-19-15)14-2-1-7-17-14/h1-7,9-10,17H,8,16H2,(H,18,19,20). The Hall–Kier alpha value is -2.66. The van der Waals surface area contributed by atoms with Crippen LogP contribution in [0.25, 0.3) is 11.3 Å². The highest BCUT2D eigenvalue weighted by Crippen LogP contribution is 2.17. The SMILES string of the molecule is NCc1ccc(Nc2ncc(-c3ccc[nH]3)cn2)cc1. The summed E-state index contributed by atoms with van der Waals surface area (Å²) in [4.78, 5) is 11.7. The Balaban J connectivity index is 1.74. The van der Waals surface area contributed by atoms with Gasteiger partial charge in [-0.15, -0.1) is 0 Å². The Morgan fingerprint density at radius 3 is 2.40 bits per heavy atom. The molecule has 0 fully saturated rings. The molecule has 3 rings (SSSR count). The molecule has 2 aromatic heterocycles. The summed E-state index contributed by atoms with van der Waals surface area (Å²) in [5.74, 6) is 0.570. The van der Waals surface area contributed by atoms with Gasteiger partial charge in [-0.05, 0) is 29.8 Å². The zero-order chi connectivity index (χ0) is 13.8. The number of benzene rings is 1. The van der Waals surface area contributed by atoms with Crippen LogP contribution in [0.3, 0.4) is 0 Å². The minimum absolute atomic E-state index is 0.543. The second-order valence-electron chi connectivity index (χ2n) is 4.41. The lowest BCUT2D eigenvalue weighted by atomic mass is 10.2. The number of hydrogen-bond acceptors (Lipinski definition) is 4. The molecule has 1 aromatic carbocycles. The van der Waals surface area contributed by atoms with E-state index in [4.69, 9.17) is 5.73 Å². The summed E-state index contributed by atoms with van der Waals surface area (Å²) in [7, 11) is 0. The molecule has 0 atom stereocenters. The number of H-pyrrole nitrogens is 1. The summed E-state index contributed by atoms with van der Waals surface area (Å²) in [6.07, 6.45) is 5.45. The maximum atomic E-state index is 5.57. The normalized spacial score (nSPS) is 10.4. The Morgan fingerprint density at radius 1 is 1.05 bits per heavy atom. The largest absolute Gasteiger partial charge is 0.361 e. The Morgan fingerprint density at radius 2 is 1.80 bits per heavy atom. The van der Waals surface area contributed by atoms with Crippen LogP contribution in [-0.2, 0) is 6.54 Å². The fourth-order valence-corrected chi connectivity index (χ4v) is 1.89. The molecule has 0 amide bonds. The molecule has 0 radical (unpaired) electrons. The number of nitrogens with zero attached hydrogens (tertiary/aromatic N) is 2. The van der Waals surface area contributed by atoms with Crippen LogP contribution in [0.15, 0.2) is 55.0 Å². The summed E-state index contributed by atoms with van der Waals surface area (Å²) in [5.41, 5.74) is 9.56. The van der Waals surface area contributed by atoms with Crippen LogP contribution in [0.2, 0.25) is 0 Å². The van der Waals surface area contributed by atoms with Gasteiger partial charge in [-0.25, -0.2) is 9.97 Å². The van der Waals surface area contributed by atoms with Gasteiger partial charge in [-0.2, -0.15) is 0 Å². The van der Waals surface area contributed by atoms with Crippen LogP contribution in [0.5, 0.6) is 0 Å². The molecule has 0 saturated carbocycles. The third kappa shape index (κ3) is 2.67. The van der Waals surface area contributed by atoms with Crippen molar-refractivity contribution in [1.82, 2.24) is 15.0 Å². The predicted octanol–water partition coefficient (Wildman–Crippen LogP) is 2.67. The lowest BCUT2D eigenvalue weighted by Crippen LogP contribution is -1.98. The van der Waals surface area contributed by atoms with E-state index >= 15 is 0 Å². The molecule has 4 N–H and O–H groups in total. The van der Waals surface area contributed by atoms with Crippen molar-refractivity contribution in [1.29, 1.82) is 0 Å². The highest BCUT2D eigenvalue weighted by molar-refractivity contribution is 5.59. The van der Waals surface area contributed by atoms with Gasteiger partial charge in [-0.1, -0.05) is 12.1 Å². The number of hydrogen-bond donors (Lipinski definition) is 3. The zero-order valence-electron chi connectivity index (χ0n) is 10.9. The van der Waals surface area contributed by atoms with Gasteiger partial charge in [0, 0.05) is 42.1 Å². The van der Waals surface area contributed by atoms with Gasteiger partial charge in [0.1, 0.15) is 0 Å². The van der Waals surface area contributed by atoms with E-state index < -0.39 is 0 Å². The summed E-state index contributed by atoms with van der Waals surface area (Å²) in [5, 5.41) is 3.15. The highest BCUT2D eigenvalue weighted by atomic mass is 15.1. The van der Waals surface area contributed by atoms with Crippen LogP contribution >= 0.6 is 0 Å². The molecule has 0 aliphatic rings. The molecule has 2 heterocycles. The van der Waals surface area contributed by atoms with E-state index in [-0.39, 0.29) is 0 Å². The first-order valence-corrected chi connectivity index (χ1v) is 6.37.